The molecule has 0 N–H and O–H groups in total. The van der Waals surface area contributed by atoms with E-state index in [1.165, 1.54) is 0 Å². The van der Waals surface area contributed by atoms with Gasteiger partial charge in [0.2, 0.25) is 0 Å². The molecule has 128 valence electrons. The predicted octanol–water partition coefficient (Wildman–Crippen LogP) is 4.48. The molecule has 0 spiro atoms. The van der Waals surface area contributed by atoms with Crippen molar-refractivity contribution < 1.29 is 4.79 Å². The minimum absolute atomic E-state index is 0.0445. The summed E-state index contributed by atoms with van der Waals surface area (Å²) in [5.74, 6) is -3.58. The summed E-state index contributed by atoms with van der Waals surface area (Å²) in [6.07, 6.45) is 0.203. The quantitative estimate of drug-likeness (QED) is 0.449. The molecule has 0 aliphatic rings. The molecule has 0 aromatic heterocycles. The van der Waals surface area contributed by atoms with Crippen molar-refractivity contribution in [2.24, 2.45) is 0 Å². The van der Waals surface area contributed by atoms with Crippen LogP contribution in [0.1, 0.15) is 0 Å². The van der Waals surface area contributed by atoms with Crippen molar-refractivity contribution >= 4 is 50.5 Å². The van der Waals surface area contributed by atoms with Crippen LogP contribution in [0.15, 0.2) is 91.0 Å². The number of carbonyl (C=O) groups excluding carboxylic acids is 1. The first kappa shape index (κ1) is 18.1. The van der Waals surface area contributed by atoms with Crippen molar-refractivity contribution in [2.75, 3.05) is 12.0 Å². The molecule has 0 aliphatic heterocycles. The second-order valence-corrected chi connectivity index (χ2v) is 12.8. The fraction of sp³-hybridized carbons (Fsp3) is 0.0952. The zero-order valence-corrected chi connectivity index (χ0v) is 16.1. The first-order valence-corrected chi connectivity index (χ1v) is 11.9. The van der Waals surface area contributed by atoms with Crippen LogP contribution in [0.4, 0.5) is 0 Å². The van der Waals surface area contributed by atoms with E-state index >= 15 is 0 Å². The van der Waals surface area contributed by atoms with Gasteiger partial charge in [-0.1, -0.05) is 0 Å². The normalized spacial score (nSPS) is 13.0. The maximum atomic E-state index is 12.6. The second kappa shape index (κ2) is 7.30. The Morgan fingerprint density at radius 1 is 0.680 bits per heavy atom. The van der Waals surface area contributed by atoms with Crippen LogP contribution in [-0.2, 0) is 4.79 Å². The Hall–Kier alpha value is -1.66. The molecule has 1 nitrogen and oxygen atoms in total. The Morgan fingerprint density at radius 3 is 1.28 bits per heavy atom. The van der Waals surface area contributed by atoms with Crippen molar-refractivity contribution in [3.8, 4) is 0 Å². The van der Waals surface area contributed by atoms with Gasteiger partial charge >= 0.3 is 158 Å². The number of carbonyl (C=O) groups is 1. The third kappa shape index (κ3) is 3.13. The Morgan fingerprint density at radius 2 is 1.00 bits per heavy atom. The van der Waals surface area contributed by atoms with Gasteiger partial charge in [-0.2, -0.15) is 0 Å². The van der Waals surface area contributed by atoms with Gasteiger partial charge in [0.25, 0.3) is 0 Å². The monoisotopic (exact) mass is 388 g/mol. The van der Waals surface area contributed by atoms with Gasteiger partial charge in [0.05, 0.1) is 0 Å². The fourth-order valence-electron chi connectivity index (χ4n) is 3.31. The first-order chi connectivity index (χ1) is 12.1. The zero-order chi connectivity index (χ0) is 17.8. The van der Waals surface area contributed by atoms with Gasteiger partial charge in [-0.25, -0.2) is 0 Å². The van der Waals surface area contributed by atoms with Crippen molar-refractivity contribution in [1.82, 2.24) is 0 Å². The Balaban J connectivity index is 2.42. The summed E-state index contributed by atoms with van der Waals surface area (Å²) in [4.78, 5) is 12.6. The Labute approximate surface area is 158 Å². The molecule has 0 amide bonds. The average Bonchev–Trinajstić information content (AvgIpc) is 2.70. The number of alkyl halides is 1. The molecule has 0 aliphatic carbocycles. The maximum absolute atomic E-state index is 12.6. The molecule has 0 saturated heterocycles. The minimum atomic E-state index is -3.48. The molecule has 3 aromatic carbocycles. The molecule has 0 bridgehead atoms. The molecule has 0 unspecified atom stereocenters. The molecule has 4 heteroatoms. The number of hydrogen-bond donors (Lipinski definition) is 0. The predicted molar refractivity (Wildman–Crippen MR) is 112 cm³/mol. The van der Waals surface area contributed by atoms with E-state index < -0.39 is 5.96 Å². The number of Topliss-reactive ketones (excluding diaryl/α,β-unsaturated/α-hetero) is 1. The third-order valence-corrected chi connectivity index (χ3v) is 12.0. The van der Waals surface area contributed by atoms with Crippen LogP contribution in [0.25, 0.3) is 0 Å². The molecule has 0 atom stereocenters. The van der Waals surface area contributed by atoms with Gasteiger partial charge in [0, 0.05) is 0 Å². The van der Waals surface area contributed by atoms with Gasteiger partial charge in [0.15, 0.2) is 0 Å². The van der Waals surface area contributed by atoms with Crippen LogP contribution in [0.2, 0.25) is 0 Å². The van der Waals surface area contributed by atoms with Crippen LogP contribution >= 0.6 is 28.8 Å². The van der Waals surface area contributed by atoms with Crippen LogP contribution < -0.4 is 15.9 Å². The molecule has 25 heavy (non-hydrogen) atoms. The number of benzene rings is 3. The molecule has 0 saturated carbocycles. The standard InChI is InChI=1S/C21H19Cl2OP/c22-16-18(24)17-25(23,19-10-4-1-5-11-19,20-12-6-2-7-13-20)21-14-8-3-9-15-21/h1-15H,16-17H2. The van der Waals surface area contributed by atoms with E-state index in [1.54, 1.807) is 0 Å². The Bertz CT molecular complexity index is 751. The topological polar surface area (TPSA) is 17.1 Å². The first-order valence-electron chi connectivity index (χ1n) is 8.07. The zero-order valence-electron chi connectivity index (χ0n) is 13.7. The molecular formula is C21H19Cl2OP. The van der Waals surface area contributed by atoms with E-state index in [2.05, 4.69) is 0 Å². The molecule has 3 aromatic rings. The van der Waals surface area contributed by atoms with Gasteiger partial charge < -0.3 is 0 Å². The van der Waals surface area contributed by atoms with E-state index in [0.29, 0.717) is 0 Å². The van der Waals surface area contributed by atoms with Crippen molar-refractivity contribution in [2.45, 2.75) is 0 Å². The van der Waals surface area contributed by atoms with Crippen LogP contribution in [0.3, 0.4) is 0 Å². The fourth-order valence-corrected chi connectivity index (χ4v) is 9.55. The summed E-state index contributed by atoms with van der Waals surface area (Å²) in [6.45, 7) is 0. The molecular weight excluding hydrogens is 370 g/mol. The summed E-state index contributed by atoms with van der Waals surface area (Å²) in [6, 6.07) is 29.8. The van der Waals surface area contributed by atoms with E-state index in [0.717, 1.165) is 15.9 Å². The number of ketones is 1. The molecule has 0 fully saturated rings. The third-order valence-electron chi connectivity index (χ3n) is 4.51. The SMILES string of the molecule is O=C(CCl)CP(Cl)(c1ccccc1)(c1ccccc1)c1ccccc1. The summed E-state index contributed by atoms with van der Waals surface area (Å²) in [7, 11) is 0. The van der Waals surface area contributed by atoms with Crippen LogP contribution in [0.5, 0.6) is 0 Å². The summed E-state index contributed by atoms with van der Waals surface area (Å²) < 4.78 is 0. The van der Waals surface area contributed by atoms with Crippen LogP contribution in [0, 0.1) is 0 Å². The Kier molecular flexibility index (Phi) is 5.29. The molecule has 0 heterocycles. The van der Waals surface area contributed by atoms with Gasteiger partial charge in [0.1, 0.15) is 0 Å². The van der Waals surface area contributed by atoms with Crippen molar-refractivity contribution in [3.05, 3.63) is 91.0 Å². The van der Waals surface area contributed by atoms with Crippen molar-refractivity contribution in [3.63, 3.8) is 0 Å². The summed E-state index contributed by atoms with van der Waals surface area (Å²) in [5, 5.41) is 2.93. The summed E-state index contributed by atoms with van der Waals surface area (Å²) in [5.41, 5.74) is 0. The van der Waals surface area contributed by atoms with Gasteiger partial charge in [-0.15, -0.1) is 0 Å². The van der Waals surface area contributed by atoms with E-state index in [1.807, 2.05) is 91.0 Å². The van der Waals surface area contributed by atoms with Crippen LogP contribution in [-0.4, -0.2) is 17.8 Å². The number of rotatable bonds is 6. The summed E-state index contributed by atoms with van der Waals surface area (Å²) >= 11 is 13.6. The van der Waals surface area contributed by atoms with E-state index in [-0.39, 0.29) is 17.8 Å². The van der Waals surface area contributed by atoms with E-state index in [9.17, 15) is 4.79 Å². The molecule has 3 rings (SSSR count). The number of hydrogen-bond acceptors (Lipinski definition) is 1. The van der Waals surface area contributed by atoms with Gasteiger partial charge in [-0.05, 0) is 0 Å². The van der Waals surface area contributed by atoms with Gasteiger partial charge in [-0.3, -0.25) is 0 Å². The van der Waals surface area contributed by atoms with Crippen molar-refractivity contribution in [1.29, 1.82) is 0 Å². The molecule has 0 radical (unpaired) electrons. The number of halogens is 2. The second-order valence-electron chi connectivity index (χ2n) is 6.02. The average molecular weight is 389 g/mol. The van der Waals surface area contributed by atoms with E-state index in [4.69, 9.17) is 22.8 Å².